The number of carbonyl (C=O) groups is 1. The molecule has 0 aliphatic carbocycles. The van der Waals surface area contributed by atoms with E-state index in [1.165, 1.54) is 6.92 Å². The first-order valence-corrected chi connectivity index (χ1v) is 7.27. The first-order valence-electron chi connectivity index (χ1n) is 6.89. The molecule has 0 aliphatic heterocycles. The van der Waals surface area contributed by atoms with E-state index in [0.29, 0.717) is 11.4 Å². The van der Waals surface area contributed by atoms with Crippen molar-refractivity contribution in [3.05, 3.63) is 58.4 Å². The number of aliphatic hydroxyl groups is 1. The third-order valence-corrected chi connectivity index (χ3v) is 3.56. The van der Waals surface area contributed by atoms with Crippen LogP contribution >= 0.6 is 11.6 Å². The van der Waals surface area contributed by atoms with Gasteiger partial charge in [0.05, 0.1) is 16.6 Å². The van der Waals surface area contributed by atoms with Crippen molar-refractivity contribution < 1.29 is 19.4 Å². The third kappa shape index (κ3) is 3.18. The quantitative estimate of drug-likeness (QED) is 0.761. The summed E-state index contributed by atoms with van der Waals surface area (Å²) < 4.78 is 5.26. The van der Waals surface area contributed by atoms with Gasteiger partial charge in [-0.2, -0.15) is 0 Å². The summed E-state index contributed by atoms with van der Waals surface area (Å²) in [7, 11) is 0. The zero-order valence-electron chi connectivity index (χ0n) is 12.2. The molecule has 6 nitrogen and oxygen atoms in total. The number of benzene rings is 1. The Kier molecular flexibility index (Phi) is 4.02. The number of fused-ring (bicyclic) bond motifs is 1. The topological polar surface area (TPSA) is 96.5 Å². The average Bonchev–Trinajstić information content (AvgIpc) is 2.91. The lowest BCUT2D eigenvalue weighted by Gasteiger charge is -2.01. The molecule has 0 fully saturated rings. The van der Waals surface area contributed by atoms with Crippen molar-refractivity contribution in [2.45, 2.75) is 19.4 Å². The van der Waals surface area contributed by atoms with E-state index in [9.17, 15) is 9.90 Å². The van der Waals surface area contributed by atoms with Gasteiger partial charge in [-0.3, -0.25) is 4.98 Å². The predicted octanol–water partition coefficient (Wildman–Crippen LogP) is 3.22. The molecular weight excluding hydrogens is 320 g/mol. The number of halogens is 1. The maximum absolute atomic E-state index is 11.1. The summed E-state index contributed by atoms with van der Waals surface area (Å²) in [5, 5.41) is 20.1. The van der Waals surface area contributed by atoms with Crippen LogP contribution < -0.4 is 0 Å². The van der Waals surface area contributed by atoms with Gasteiger partial charge in [0.2, 0.25) is 5.76 Å². The van der Waals surface area contributed by atoms with Crippen LogP contribution in [0.15, 0.2) is 34.9 Å². The fraction of sp³-hybridized carbons (Fsp3) is 0.188. The van der Waals surface area contributed by atoms with Crippen LogP contribution in [-0.4, -0.2) is 26.2 Å². The molecule has 0 saturated carbocycles. The minimum absolute atomic E-state index is 0.0259. The Morgan fingerprint density at radius 1 is 1.39 bits per heavy atom. The molecule has 0 aliphatic rings. The smallest absolute Gasteiger partial charge is 0.373 e. The van der Waals surface area contributed by atoms with Crippen LogP contribution in [0.25, 0.3) is 10.9 Å². The lowest BCUT2D eigenvalue weighted by molar-refractivity contribution is 0.0651. The number of aromatic nitrogens is 2. The molecule has 0 bridgehead atoms. The Morgan fingerprint density at radius 3 is 2.83 bits per heavy atom. The summed E-state index contributed by atoms with van der Waals surface area (Å²) in [6.45, 7) is 1.44. The number of hydrogen-bond acceptors (Lipinski definition) is 5. The van der Waals surface area contributed by atoms with Crippen molar-refractivity contribution in [2.75, 3.05) is 0 Å². The minimum atomic E-state index is -1.26. The molecule has 1 atom stereocenters. The van der Waals surface area contributed by atoms with E-state index >= 15 is 0 Å². The van der Waals surface area contributed by atoms with E-state index < -0.39 is 12.1 Å². The van der Waals surface area contributed by atoms with Gasteiger partial charge in [-0.25, -0.2) is 9.78 Å². The van der Waals surface area contributed by atoms with E-state index in [2.05, 4.69) is 9.97 Å². The molecule has 7 heteroatoms. The highest BCUT2D eigenvalue weighted by molar-refractivity contribution is 6.31. The fourth-order valence-corrected chi connectivity index (χ4v) is 2.50. The fourth-order valence-electron chi connectivity index (χ4n) is 2.33. The molecule has 3 aromatic rings. The number of rotatable bonds is 4. The number of carboxylic acid groups (broad SMARTS) is 1. The molecule has 2 N–H and O–H groups in total. The van der Waals surface area contributed by atoms with Crippen molar-refractivity contribution in [3.8, 4) is 0 Å². The van der Waals surface area contributed by atoms with Gasteiger partial charge in [-0.1, -0.05) is 17.7 Å². The lowest BCUT2D eigenvalue weighted by atomic mass is 10.1. The summed E-state index contributed by atoms with van der Waals surface area (Å²) in [5.74, 6) is -1.36. The van der Waals surface area contributed by atoms with Gasteiger partial charge >= 0.3 is 5.97 Å². The standard InChI is InChI=1S/C16H13ClN2O4/c1-8(20)14-15(16(21)22)23-13(19-14)5-9-2-3-12-10(4-9)6-11(17)7-18-12/h2-4,6-8,20H,5H2,1H3,(H,21,22). The summed E-state index contributed by atoms with van der Waals surface area (Å²) >= 11 is 5.94. The van der Waals surface area contributed by atoms with E-state index in [0.717, 1.165) is 16.5 Å². The SMILES string of the molecule is CC(O)c1nc(Cc2ccc3ncc(Cl)cc3c2)oc1C(=O)O. The second-order valence-corrected chi connectivity index (χ2v) is 5.60. The number of carboxylic acids is 1. The van der Waals surface area contributed by atoms with E-state index in [-0.39, 0.29) is 17.3 Å². The van der Waals surface area contributed by atoms with E-state index in [1.807, 2.05) is 18.2 Å². The molecule has 0 radical (unpaired) electrons. The van der Waals surface area contributed by atoms with Gasteiger partial charge in [-0.15, -0.1) is 0 Å². The maximum atomic E-state index is 11.1. The van der Waals surface area contributed by atoms with Gasteiger partial charge in [0.15, 0.2) is 5.89 Å². The first-order chi connectivity index (χ1) is 10.9. The highest BCUT2D eigenvalue weighted by Gasteiger charge is 2.22. The van der Waals surface area contributed by atoms with Crippen LogP contribution in [0.2, 0.25) is 5.02 Å². The first kappa shape index (κ1) is 15.5. The van der Waals surface area contributed by atoms with Crippen LogP contribution in [-0.2, 0) is 6.42 Å². The van der Waals surface area contributed by atoms with Gasteiger partial charge in [0, 0.05) is 18.0 Å². The molecule has 1 aromatic carbocycles. The Labute approximate surface area is 136 Å². The minimum Gasteiger partial charge on any atom is -0.475 e. The van der Waals surface area contributed by atoms with Crippen LogP contribution in [0.3, 0.4) is 0 Å². The van der Waals surface area contributed by atoms with Gasteiger partial charge in [0.1, 0.15) is 5.69 Å². The van der Waals surface area contributed by atoms with Crippen LogP contribution in [0.5, 0.6) is 0 Å². The maximum Gasteiger partial charge on any atom is 0.373 e. The number of hydrogen-bond donors (Lipinski definition) is 2. The van der Waals surface area contributed by atoms with Crippen molar-refractivity contribution >= 4 is 28.5 Å². The monoisotopic (exact) mass is 332 g/mol. The normalized spacial score (nSPS) is 12.5. The molecule has 118 valence electrons. The van der Waals surface area contributed by atoms with Gasteiger partial charge in [0.25, 0.3) is 0 Å². The number of nitrogens with zero attached hydrogens (tertiary/aromatic N) is 2. The molecule has 23 heavy (non-hydrogen) atoms. The highest BCUT2D eigenvalue weighted by Crippen LogP contribution is 2.23. The number of pyridine rings is 1. The number of oxazole rings is 1. The highest BCUT2D eigenvalue weighted by atomic mass is 35.5. The van der Waals surface area contributed by atoms with E-state index in [1.54, 1.807) is 12.3 Å². The predicted molar refractivity (Wildman–Crippen MR) is 83.7 cm³/mol. The van der Waals surface area contributed by atoms with Crippen molar-refractivity contribution in [2.24, 2.45) is 0 Å². The van der Waals surface area contributed by atoms with Gasteiger partial charge in [-0.05, 0) is 30.7 Å². The summed E-state index contributed by atoms with van der Waals surface area (Å²) in [6.07, 6.45) is 0.861. The van der Waals surface area contributed by atoms with Crippen molar-refractivity contribution in [1.82, 2.24) is 9.97 Å². The molecule has 2 heterocycles. The molecule has 0 spiro atoms. The largest absolute Gasteiger partial charge is 0.475 e. The summed E-state index contributed by atoms with van der Waals surface area (Å²) in [4.78, 5) is 19.4. The lowest BCUT2D eigenvalue weighted by Crippen LogP contribution is -2.02. The summed E-state index contributed by atoms with van der Waals surface area (Å²) in [5.41, 5.74) is 1.70. The van der Waals surface area contributed by atoms with Crippen LogP contribution in [0.4, 0.5) is 0 Å². The number of aromatic carboxylic acids is 1. The van der Waals surface area contributed by atoms with Crippen LogP contribution in [0.1, 0.15) is 40.7 Å². The van der Waals surface area contributed by atoms with E-state index in [4.69, 9.17) is 21.1 Å². The Morgan fingerprint density at radius 2 is 2.17 bits per heavy atom. The molecular formula is C16H13ClN2O4. The Balaban J connectivity index is 1.95. The Hall–Kier alpha value is -2.44. The second kappa shape index (κ2) is 5.98. The molecule has 1 unspecified atom stereocenters. The second-order valence-electron chi connectivity index (χ2n) is 5.16. The third-order valence-electron chi connectivity index (χ3n) is 3.36. The summed E-state index contributed by atoms with van der Waals surface area (Å²) in [6, 6.07) is 7.39. The number of aliphatic hydroxyl groups excluding tert-OH is 1. The molecule has 0 amide bonds. The van der Waals surface area contributed by atoms with Gasteiger partial charge < -0.3 is 14.6 Å². The van der Waals surface area contributed by atoms with Crippen molar-refractivity contribution in [3.63, 3.8) is 0 Å². The molecule has 3 rings (SSSR count). The molecule has 0 saturated heterocycles. The zero-order valence-corrected chi connectivity index (χ0v) is 12.9. The Bertz CT molecular complexity index is 889. The molecule has 2 aromatic heterocycles. The van der Waals surface area contributed by atoms with Crippen molar-refractivity contribution in [1.29, 1.82) is 0 Å². The average molecular weight is 333 g/mol. The zero-order chi connectivity index (χ0) is 16.6. The van der Waals surface area contributed by atoms with Crippen LogP contribution in [0, 0.1) is 0 Å².